The fraction of sp³-hybridized carbons (Fsp3) is 0.207. The topological polar surface area (TPSA) is 90.3 Å². The molecule has 0 aliphatic carbocycles. The van der Waals surface area contributed by atoms with Gasteiger partial charge in [-0.2, -0.15) is 10.1 Å². The molecule has 9 heteroatoms. The van der Waals surface area contributed by atoms with Crippen LogP contribution in [0.25, 0.3) is 0 Å². The Bertz CT molecular complexity index is 1480. The van der Waals surface area contributed by atoms with Crippen molar-refractivity contribution >= 4 is 33.5 Å². The second-order valence-electron chi connectivity index (χ2n) is 8.97. The molecule has 194 valence electrons. The number of fused-ring (bicyclic) bond motifs is 1. The van der Waals surface area contributed by atoms with E-state index in [0.29, 0.717) is 41.9 Å². The summed E-state index contributed by atoms with van der Waals surface area (Å²) in [6.07, 6.45) is 1.47. The van der Waals surface area contributed by atoms with Crippen molar-refractivity contribution in [1.29, 1.82) is 0 Å². The van der Waals surface area contributed by atoms with Gasteiger partial charge in [-0.1, -0.05) is 51.8 Å². The first kappa shape index (κ1) is 25.5. The molecule has 4 aromatic rings. The molecule has 0 bridgehead atoms. The number of nitrogens with zero attached hydrogens (tertiary/aromatic N) is 3. The summed E-state index contributed by atoms with van der Waals surface area (Å²) in [4.78, 5) is 17.9. The maximum Gasteiger partial charge on any atom is 0.255 e. The van der Waals surface area contributed by atoms with E-state index in [4.69, 9.17) is 9.47 Å². The van der Waals surface area contributed by atoms with E-state index in [0.717, 1.165) is 26.9 Å². The highest BCUT2D eigenvalue weighted by atomic mass is 79.9. The Morgan fingerprint density at radius 3 is 2.53 bits per heavy atom. The molecule has 1 atom stereocenters. The molecule has 1 aliphatic heterocycles. The van der Waals surface area contributed by atoms with Crippen molar-refractivity contribution in [3.63, 3.8) is 0 Å². The van der Waals surface area contributed by atoms with Crippen LogP contribution in [0.3, 0.4) is 0 Å². The SMILES string of the molecule is CCOc1cc(C2C(C(=O)Nc3ccc(C)cc3)=C(C)Nc3ncnn32)ccc1OCc1ccc(Br)cc1. The van der Waals surface area contributed by atoms with Gasteiger partial charge in [0.05, 0.1) is 12.2 Å². The largest absolute Gasteiger partial charge is 0.490 e. The van der Waals surface area contributed by atoms with E-state index in [1.54, 1.807) is 4.68 Å². The Kier molecular flexibility index (Phi) is 7.46. The Morgan fingerprint density at radius 1 is 1.03 bits per heavy atom. The minimum Gasteiger partial charge on any atom is -0.490 e. The summed E-state index contributed by atoms with van der Waals surface area (Å²) < 4.78 is 14.8. The molecular formula is C29H28BrN5O3. The van der Waals surface area contributed by atoms with Crippen molar-refractivity contribution in [3.8, 4) is 11.5 Å². The van der Waals surface area contributed by atoms with Crippen molar-refractivity contribution in [2.45, 2.75) is 33.4 Å². The first-order valence-corrected chi connectivity index (χ1v) is 13.1. The maximum atomic E-state index is 13.6. The highest BCUT2D eigenvalue weighted by Crippen LogP contribution is 2.39. The number of amides is 1. The molecule has 0 saturated heterocycles. The van der Waals surface area contributed by atoms with E-state index in [2.05, 4.69) is 36.6 Å². The molecule has 0 radical (unpaired) electrons. The lowest BCUT2D eigenvalue weighted by Crippen LogP contribution is -2.31. The summed E-state index contributed by atoms with van der Waals surface area (Å²) in [6.45, 7) is 6.67. The van der Waals surface area contributed by atoms with Crippen LogP contribution in [0, 0.1) is 6.92 Å². The molecule has 1 aliphatic rings. The van der Waals surface area contributed by atoms with Gasteiger partial charge in [0.15, 0.2) is 11.5 Å². The number of nitrogens with one attached hydrogen (secondary N) is 2. The smallest absolute Gasteiger partial charge is 0.255 e. The third-order valence-corrected chi connectivity index (χ3v) is 6.77. The molecule has 2 heterocycles. The lowest BCUT2D eigenvalue weighted by Gasteiger charge is -2.29. The van der Waals surface area contributed by atoms with Crippen LogP contribution < -0.4 is 20.1 Å². The van der Waals surface area contributed by atoms with E-state index in [9.17, 15) is 4.79 Å². The molecule has 1 amide bonds. The molecule has 2 N–H and O–H groups in total. The van der Waals surface area contributed by atoms with Crippen molar-refractivity contribution in [2.75, 3.05) is 17.2 Å². The zero-order chi connectivity index (χ0) is 26.6. The number of benzene rings is 3. The summed E-state index contributed by atoms with van der Waals surface area (Å²) in [6, 6.07) is 20.9. The van der Waals surface area contributed by atoms with Gasteiger partial charge < -0.3 is 20.1 Å². The number of hydrogen-bond donors (Lipinski definition) is 2. The third-order valence-electron chi connectivity index (χ3n) is 6.24. The highest BCUT2D eigenvalue weighted by Gasteiger charge is 2.34. The van der Waals surface area contributed by atoms with Crippen molar-refractivity contribution in [2.24, 2.45) is 0 Å². The van der Waals surface area contributed by atoms with Gasteiger partial charge in [0.25, 0.3) is 5.91 Å². The predicted molar refractivity (Wildman–Crippen MR) is 150 cm³/mol. The average molecular weight is 574 g/mol. The van der Waals surface area contributed by atoms with E-state index in [1.807, 2.05) is 87.5 Å². The molecule has 5 rings (SSSR count). The number of rotatable bonds is 8. The standard InChI is InChI=1S/C29H28BrN5O3/c1-4-37-25-15-21(9-14-24(25)38-16-20-7-10-22(30)11-8-20)27-26(19(3)33-29-31-17-32-35(27)29)28(36)34-23-12-5-18(2)6-13-23/h5-15,17,27H,4,16H2,1-3H3,(H,34,36)(H,31,32,33). The Labute approximate surface area is 229 Å². The molecule has 38 heavy (non-hydrogen) atoms. The summed E-state index contributed by atoms with van der Waals surface area (Å²) >= 11 is 3.46. The fourth-order valence-electron chi connectivity index (χ4n) is 4.35. The van der Waals surface area contributed by atoms with E-state index >= 15 is 0 Å². The maximum absolute atomic E-state index is 13.6. The van der Waals surface area contributed by atoms with Crippen molar-refractivity contribution in [1.82, 2.24) is 14.8 Å². The minimum absolute atomic E-state index is 0.224. The van der Waals surface area contributed by atoms with Gasteiger partial charge in [-0.25, -0.2) is 4.68 Å². The average Bonchev–Trinajstić information content (AvgIpc) is 3.37. The zero-order valence-corrected chi connectivity index (χ0v) is 23.0. The van der Waals surface area contributed by atoms with Gasteiger partial charge in [-0.05, 0) is 68.3 Å². The van der Waals surface area contributed by atoms with Gasteiger partial charge in [0, 0.05) is 15.9 Å². The normalized spacial score (nSPS) is 14.5. The van der Waals surface area contributed by atoms with Gasteiger partial charge in [-0.3, -0.25) is 4.79 Å². The van der Waals surface area contributed by atoms with E-state index in [1.165, 1.54) is 6.33 Å². The molecule has 0 spiro atoms. The Morgan fingerprint density at radius 2 is 1.79 bits per heavy atom. The second kappa shape index (κ2) is 11.1. The van der Waals surface area contributed by atoms with Crippen LogP contribution >= 0.6 is 15.9 Å². The lowest BCUT2D eigenvalue weighted by molar-refractivity contribution is -0.113. The molecule has 1 unspecified atom stereocenters. The lowest BCUT2D eigenvalue weighted by atomic mass is 9.94. The summed E-state index contributed by atoms with van der Waals surface area (Å²) in [5.41, 5.74) is 4.94. The predicted octanol–water partition coefficient (Wildman–Crippen LogP) is 6.25. The number of aromatic nitrogens is 3. The highest BCUT2D eigenvalue weighted by molar-refractivity contribution is 9.10. The van der Waals surface area contributed by atoms with E-state index < -0.39 is 6.04 Å². The number of aryl methyl sites for hydroxylation is 1. The molecule has 0 saturated carbocycles. The number of carbonyl (C=O) groups excluding carboxylic acids is 1. The molecular weight excluding hydrogens is 546 g/mol. The summed E-state index contributed by atoms with van der Waals surface area (Å²) in [5, 5.41) is 10.7. The Hall–Kier alpha value is -4.11. The number of hydrogen-bond acceptors (Lipinski definition) is 6. The number of ether oxygens (including phenoxy) is 2. The van der Waals surface area contributed by atoms with Crippen LogP contribution in [0.15, 0.2) is 88.8 Å². The monoisotopic (exact) mass is 573 g/mol. The number of carbonyl (C=O) groups is 1. The van der Waals surface area contributed by atoms with Crippen LogP contribution in [0.4, 0.5) is 11.6 Å². The Balaban J connectivity index is 1.48. The number of anilines is 2. The molecule has 8 nitrogen and oxygen atoms in total. The van der Waals surface area contributed by atoms with Gasteiger partial charge >= 0.3 is 0 Å². The second-order valence-corrected chi connectivity index (χ2v) is 9.88. The number of halogens is 1. The molecule has 1 aromatic heterocycles. The molecule has 3 aromatic carbocycles. The van der Waals surface area contributed by atoms with Crippen molar-refractivity contribution in [3.05, 3.63) is 105 Å². The first-order chi connectivity index (χ1) is 18.4. The van der Waals surface area contributed by atoms with Crippen molar-refractivity contribution < 1.29 is 14.3 Å². The van der Waals surface area contributed by atoms with Gasteiger partial charge in [0.1, 0.15) is 19.0 Å². The minimum atomic E-state index is -0.515. The van der Waals surface area contributed by atoms with Crippen LogP contribution in [0.2, 0.25) is 0 Å². The quantitative estimate of drug-likeness (QED) is 0.259. The van der Waals surface area contributed by atoms with Gasteiger partial charge in [-0.15, -0.1) is 0 Å². The summed E-state index contributed by atoms with van der Waals surface area (Å²) in [7, 11) is 0. The van der Waals surface area contributed by atoms with Crippen LogP contribution in [0.5, 0.6) is 11.5 Å². The fourth-order valence-corrected chi connectivity index (χ4v) is 4.62. The number of allylic oxidation sites excluding steroid dienone is 1. The van der Waals surface area contributed by atoms with Crippen LogP contribution in [-0.2, 0) is 11.4 Å². The molecule has 0 fully saturated rings. The zero-order valence-electron chi connectivity index (χ0n) is 21.4. The third kappa shape index (κ3) is 5.43. The van der Waals surface area contributed by atoms with Gasteiger partial charge in [0.2, 0.25) is 5.95 Å². The summed E-state index contributed by atoms with van der Waals surface area (Å²) in [5.74, 6) is 1.56. The van der Waals surface area contributed by atoms with E-state index in [-0.39, 0.29) is 5.91 Å². The van der Waals surface area contributed by atoms with Crippen LogP contribution in [-0.4, -0.2) is 27.3 Å². The van der Waals surface area contributed by atoms with Crippen LogP contribution in [0.1, 0.15) is 36.6 Å². The first-order valence-electron chi connectivity index (χ1n) is 12.3.